The zero-order valence-corrected chi connectivity index (χ0v) is 17.6. The molecule has 2 atom stereocenters. The molecule has 2 amide bonds. The van der Waals surface area contributed by atoms with Crippen LogP contribution in [0.1, 0.15) is 30.8 Å². The number of aromatic nitrogens is 1. The topological polar surface area (TPSA) is 39.7 Å². The molecular formula is C24H30N4O. The minimum absolute atomic E-state index is 0.0981. The van der Waals surface area contributed by atoms with Crippen LogP contribution in [0.3, 0.4) is 0 Å². The van der Waals surface area contributed by atoms with E-state index in [0.717, 1.165) is 49.8 Å². The Balaban J connectivity index is 1.25. The lowest BCUT2D eigenvalue weighted by Crippen LogP contribution is -2.44. The number of hydrogen-bond donors (Lipinski definition) is 0. The molecule has 5 rings (SSSR count). The Labute approximate surface area is 173 Å². The van der Waals surface area contributed by atoms with Gasteiger partial charge in [-0.15, -0.1) is 0 Å². The minimum Gasteiger partial charge on any atom is -0.324 e. The zero-order chi connectivity index (χ0) is 20.2. The van der Waals surface area contributed by atoms with Crippen LogP contribution in [0.4, 0.5) is 10.5 Å². The third kappa shape index (κ3) is 3.31. The molecule has 1 aromatic heterocycles. The first kappa shape index (κ1) is 18.6. The number of rotatable bonds is 2. The second-order valence-corrected chi connectivity index (χ2v) is 9.68. The number of hydrogen-bond acceptors (Lipinski definition) is 3. The summed E-state index contributed by atoms with van der Waals surface area (Å²) in [7, 11) is 0. The van der Waals surface area contributed by atoms with E-state index in [1.165, 1.54) is 5.56 Å². The summed E-state index contributed by atoms with van der Waals surface area (Å²) in [5, 5.41) is 0. The molecule has 2 saturated heterocycles. The maximum absolute atomic E-state index is 13.4. The summed E-state index contributed by atoms with van der Waals surface area (Å²) < 4.78 is 0. The molecule has 2 fully saturated rings. The van der Waals surface area contributed by atoms with Crippen molar-refractivity contribution in [3.8, 4) is 0 Å². The highest BCUT2D eigenvalue weighted by Crippen LogP contribution is 2.41. The molecule has 152 valence electrons. The largest absolute Gasteiger partial charge is 0.324 e. The van der Waals surface area contributed by atoms with Gasteiger partial charge >= 0.3 is 6.03 Å². The first-order valence-electron chi connectivity index (χ1n) is 10.7. The molecule has 0 aliphatic carbocycles. The van der Waals surface area contributed by atoms with Gasteiger partial charge in [0.25, 0.3) is 0 Å². The van der Waals surface area contributed by atoms with Crippen LogP contribution in [0.15, 0.2) is 42.5 Å². The highest BCUT2D eigenvalue weighted by atomic mass is 16.2. The Morgan fingerprint density at radius 1 is 1.03 bits per heavy atom. The second-order valence-electron chi connectivity index (χ2n) is 9.68. The van der Waals surface area contributed by atoms with E-state index < -0.39 is 0 Å². The van der Waals surface area contributed by atoms with Gasteiger partial charge in [0, 0.05) is 50.4 Å². The van der Waals surface area contributed by atoms with Gasteiger partial charge in [0.15, 0.2) is 0 Å². The van der Waals surface area contributed by atoms with Gasteiger partial charge in [-0.3, -0.25) is 14.8 Å². The number of likely N-dealkylation sites (tertiary alicyclic amines) is 2. The van der Waals surface area contributed by atoms with Gasteiger partial charge in [-0.25, -0.2) is 4.79 Å². The summed E-state index contributed by atoms with van der Waals surface area (Å²) in [6.07, 6.45) is 0. The van der Waals surface area contributed by atoms with Crippen molar-refractivity contribution >= 4 is 11.7 Å². The van der Waals surface area contributed by atoms with Gasteiger partial charge in [-0.05, 0) is 36.5 Å². The zero-order valence-electron chi connectivity index (χ0n) is 17.6. The standard InChI is InChI=1S/C24H30N4O/c1-17-9-10-21-22(25-17)24(2,3)16-28(21)23(29)27-14-19-12-26(13-20(19)15-27)11-18-7-5-4-6-8-18/h4-10,19-20H,11-16H2,1-3H3/t19-,20+. The normalized spacial score (nSPS) is 25.3. The molecule has 0 spiro atoms. The van der Waals surface area contributed by atoms with Crippen molar-refractivity contribution in [3.63, 3.8) is 0 Å². The molecule has 2 aromatic rings. The third-order valence-corrected chi connectivity index (χ3v) is 6.81. The Morgan fingerprint density at radius 2 is 1.72 bits per heavy atom. The van der Waals surface area contributed by atoms with Gasteiger partial charge in [-0.2, -0.15) is 0 Å². The summed E-state index contributed by atoms with van der Waals surface area (Å²) in [6.45, 7) is 12.0. The van der Waals surface area contributed by atoms with Crippen LogP contribution in [0.25, 0.3) is 0 Å². The first-order chi connectivity index (χ1) is 13.9. The molecule has 0 unspecified atom stereocenters. The first-order valence-corrected chi connectivity index (χ1v) is 10.7. The molecule has 0 N–H and O–H groups in total. The van der Waals surface area contributed by atoms with E-state index >= 15 is 0 Å². The fourth-order valence-corrected chi connectivity index (χ4v) is 5.38. The number of urea groups is 1. The Morgan fingerprint density at radius 3 is 2.41 bits per heavy atom. The predicted molar refractivity (Wildman–Crippen MR) is 115 cm³/mol. The van der Waals surface area contributed by atoms with Crippen molar-refractivity contribution in [1.82, 2.24) is 14.8 Å². The molecule has 3 aliphatic rings. The monoisotopic (exact) mass is 390 g/mol. The lowest BCUT2D eigenvalue weighted by Gasteiger charge is -2.27. The number of anilines is 1. The predicted octanol–water partition coefficient (Wildman–Crippen LogP) is 3.67. The molecule has 3 aliphatic heterocycles. The second kappa shape index (κ2) is 6.84. The molecule has 0 saturated carbocycles. The van der Waals surface area contributed by atoms with Crippen LogP contribution in [-0.2, 0) is 12.0 Å². The van der Waals surface area contributed by atoms with Crippen LogP contribution in [0.5, 0.6) is 0 Å². The summed E-state index contributed by atoms with van der Waals surface area (Å²) >= 11 is 0. The SMILES string of the molecule is Cc1ccc2c(n1)C(C)(C)CN2C(=O)N1C[C@H]2CN(Cc3ccccc3)C[C@H]2C1. The highest BCUT2D eigenvalue weighted by molar-refractivity contribution is 5.95. The molecule has 29 heavy (non-hydrogen) atoms. The van der Waals surface area contributed by atoms with Crippen LogP contribution < -0.4 is 4.90 Å². The third-order valence-electron chi connectivity index (χ3n) is 6.81. The molecule has 5 heteroatoms. The Bertz CT molecular complexity index is 912. The summed E-state index contributed by atoms with van der Waals surface area (Å²) in [6, 6.07) is 14.9. The summed E-state index contributed by atoms with van der Waals surface area (Å²) in [4.78, 5) is 24.7. The number of aryl methyl sites for hydroxylation is 1. The fraction of sp³-hybridized carbons (Fsp3) is 0.500. The van der Waals surface area contributed by atoms with Gasteiger partial charge in [0.2, 0.25) is 0 Å². The number of carbonyl (C=O) groups excluding carboxylic acids is 1. The summed E-state index contributed by atoms with van der Waals surface area (Å²) in [5.74, 6) is 1.18. The number of nitrogens with zero attached hydrogens (tertiary/aromatic N) is 4. The molecule has 4 heterocycles. The fourth-order valence-electron chi connectivity index (χ4n) is 5.38. The Kier molecular flexibility index (Phi) is 4.39. The van der Waals surface area contributed by atoms with E-state index in [0.29, 0.717) is 18.4 Å². The van der Waals surface area contributed by atoms with Crippen molar-refractivity contribution in [3.05, 3.63) is 59.4 Å². The average molecular weight is 391 g/mol. The van der Waals surface area contributed by atoms with Crippen LogP contribution in [0, 0.1) is 18.8 Å². The number of amides is 2. The van der Waals surface area contributed by atoms with Crippen molar-refractivity contribution in [1.29, 1.82) is 0 Å². The minimum atomic E-state index is -0.0981. The molecular weight excluding hydrogens is 360 g/mol. The van der Waals surface area contributed by atoms with E-state index in [1.807, 2.05) is 17.9 Å². The lowest BCUT2D eigenvalue weighted by atomic mass is 9.91. The molecule has 0 bridgehead atoms. The van der Waals surface area contributed by atoms with Crippen molar-refractivity contribution < 1.29 is 4.79 Å². The van der Waals surface area contributed by atoms with E-state index in [2.05, 4.69) is 60.0 Å². The van der Waals surface area contributed by atoms with Crippen LogP contribution >= 0.6 is 0 Å². The smallest absolute Gasteiger partial charge is 0.324 e. The number of carbonyl (C=O) groups is 1. The van der Waals surface area contributed by atoms with Crippen molar-refractivity contribution in [2.24, 2.45) is 11.8 Å². The maximum atomic E-state index is 13.4. The number of pyridine rings is 1. The van der Waals surface area contributed by atoms with Gasteiger partial charge in [-0.1, -0.05) is 44.2 Å². The lowest BCUT2D eigenvalue weighted by molar-refractivity contribution is 0.205. The van der Waals surface area contributed by atoms with Gasteiger partial charge < -0.3 is 4.90 Å². The number of fused-ring (bicyclic) bond motifs is 2. The average Bonchev–Trinajstić information content (AvgIpc) is 3.32. The molecule has 0 radical (unpaired) electrons. The van der Waals surface area contributed by atoms with Gasteiger partial charge in [0.05, 0.1) is 11.4 Å². The highest BCUT2D eigenvalue weighted by Gasteiger charge is 2.46. The van der Waals surface area contributed by atoms with E-state index in [9.17, 15) is 4.79 Å². The van der Waals surface area contributed by atoms with Gasteiger partial charge in [0.1, 0.15) is 0 Å². The van der Waals surface area contributed by atoms with E-state index in [-0.39, 0.29) is 11.4 Å². The molecule has 5 nitrogen and oxygen atoms in total. The number of benzene rings is 1. The van der Waals surface area contributed by atoms with E-state index in [4.69, 9.17) is 4.98 Å². The Hall–Kier alpha value is -2.40. The van der Waals surface area contributed by atoms with Crippen molar-refractivity contribution in [2.75, 3.05) is 37.6 Å². The summed E-state index contributed by atoms with van der Waals surface area (Å²) in [5.41, 5.74) is 4.34. The van der Waals surface area contributed by atoms with Crippen molar-refractivity contribution in [2.45, 2.75) is 32.7 Å². The van der Waals surface area contributed by atoms with Crippen LogP contribution in [0.2, 0.25) is 0 Å². The quantitative estimate of drug-likeness (QED) is 0.785. The molecule has 1 aromatic carbocycles. The van der Waals surface area contributed by atoms with Crippen LogP contribution in [-0.4, -0.2) is 53.5 Å². The van der Waals surface area contributed by atoms with E-state index in [1.54, 1.807) is 0 Å². The maximum Gasteiger partial charge on any atom is 0.324 e.